The zero-order valence-electron chi connectivity index (χ0n) is 25.9. The van der Waals surface area contributed by atoms with E-state index in [4.69, 9.17) is 17.4 Å². The lowest BCUT2D eigenvalue weighted by Gasteiger charge is -2.24. The highest BCUT2D eigenvalue weighted by molar-refractivity contribution is 7.98. The van der Waals surface area contributed by atoms with Crippen molar-refractivity contribution in [1.82, 2.24) is 14.6 Å². The number of allylic oxidation sites excluding steroid dienone is 1. The number of fused-ring (bicyclic) bond motifs is 5. The number of hydrogen-bond acceptors (Lipinski definition) is 5. The fraction of sp³-hybridized carbons (Fsp3) is 0.361. The van der Waals surface area contributed by atoms with Crippen LogP contribution in [0.1, 0.15) is 78.9 Å². The van der Waals surface area contributed by atoms with Gasteiger partial charge >= 0.3 is 0 Å². The van der Waals surface area contributed by atoms with E-state index in [1.165, 1.54) is 71.8 Å². The van der Waals surface area contributed by atoms with Crippen molar-refractivity contribution in [2.45, 2.75) is 68.6 Å². The maximum absolute atomic E-state index is 13.2. The average molecular weight is 614 g/mol. The van der Waals surface area contributed by atoms with Crippen LogP contribution in [0, 0.1) is 0 Å². The van der Waals surface area contributed by atoms with Gasteiger partial charge in [-0.3, -0.25) is 9.52 Å². The SMILES string of the molecule is CNC.COc1ccc2c(c1)C=C(c1ccccc1S)Cn1c-2c(C2CCCCC2)c2ccc(C(=O)NSC(C)C)cc21. The third-order valence-electron chi connectivity index (χ3n) is 8.19. The standard InChI is InChI=1S/C34H36N2O2S2.C2H7N/c1-21(2)40-35-34(37)23-13-15-29-30(19-23)36-20-25(27-11-7-8-12-31(27)39)17-24-18-26(38-3)14-16-28(24)33(36)32(29)22-9-5-4-6-10-22;1-3-2/h7-8,11-19,21-22,39H,4-6,9-10,20H2,1-3H3,(H,35,37);3H,1-2H3. The zero-order chi connectivity index (χ0) is 30.5. The van der Waals surface area contributed by atoms with E-state index in [0.717, 1.165) is 27.3 Å². The Bertz CT molecular complexity index is 1630. The van der Waals surface area contributed by atoms with E-state index in [-0.39, 0.29) is 5.91 Å². The van der Waals surface area contributed by atoms with Gasteiger partial charge in [-0.05, 0) is 110 Å². The minimum Gasteiger partial charge on any atom is -0.497 e. The van der Waals surface area contributed by atoms with E-state index in [0.29, 0.717) is 23.3 Å². The van der Waals surface area contributed by atoms with Crippen LogP contribution < -0.4 is 14.8 Å². The van der Waals surface area contributed by atoms with Gasteiger partial charge in [0.25, 0.3) is 5.91 Å². The highest BCUT2D eigenvalue weighted by Gasteiger charge is 2.30. The van der Waals surface area contributed by atoms with Gasteiger partial charge in [0.05, 0.1) is 12.8 Å². The fourth-order valence-corrected chi connectivity index (χ4v) is 7.09. The molecule has 1 fully saturated rings. The summed E-state index contributed by atoms with van der Waals surface area (Å²) in [6.45, 7) is 4.85. The summed E-state index contributed by atoms with van der Waals surface area (Å²) >= 11 is 6.29. The lowest BCUT2D eigenvalue weighted by Crippen LogP contribution is -2.18. The molecule has 1 aliphatic heterocycles. The number of methoxy groups -OCH3 is 1. The van der Waals surface area contributed by atoms with Gasteiger partial charge in [0.15, 0.2) is 0 Å². The highest BCUT2D eigenvalue weighted by atomic mass is 32.2. The van der Waals surface area contributed by atoms with Crippen LogP contribution in [0.5, 0.6) is 5.75 Å². The Kier molecular flexibility index (Phi) is 10.3. The minimum atomic E-state index is -0.0504. The smallest absolute Gasteiger partial charge is 0.261 e. The van der Waals surface area contributed by atoms with Crippen molar-refractivity contribution in [2.75, 3.05) is 21.2 Å². The number of hydrogen-bond donors (Lipinski definition) is 3. The summed E-state index contributed by atoms with van der Waals surface area (Å²) in [6.07, 6.45) is 8.52. The van der Waals surface area contributed by atoms with Crippen LogP contribution >= 0.6 is 24.6 Å². The molecule has 7 heteroatoms. The van der Waals surface area contributed by atoms with Gasteiger partial charge in [0, 0.05) is 38.7 Å². The molecule has 2 N–H and O–H groups in total. The second-order valence-corrected chi connectivity index (χ2v) is 13.5. The van der Waals surface area contributed by atoms with Crippen LogP contribution in [0.15, 0.2) is 65.6 Å². The molecule has 0 unspecified atom stereocenters. The van der Waals surface area contributed by atoms with E-state index in [9.17, 15) is 4.79 Å². The summed E-state index contributed by atoms with van der Waals surface area (Å²) in [5, 5.41) is 4.33. The first-order chi connectivity index (χ1) is 20.9. The Balaban J connectivity index is 0.00000118. The number of carbonyl (C=O) groups excluding carboxylic acids is 1. The number of nitrogens with zero attached hydrogens (tertiary/aromatic N) is 1. The predicted molar refractivity (Wildman–Crippen MR) is 186 cm³/mol. The van der Waals surface area contributed by atoms with E-state index < -0.39 is 0 Å². The number of thiol groups is 1. The van der Waals surface area contributed by atoms with Crippen molar-refractivity contribution in [2.24, 2.45) is 0 Å². The van der Waals surface area contributed by atoms with Crippen molar-refractivity contribution < 1.29 is 9.53 Å². The highest BCUT2D eigenvalue weighted by Crippen LogP contribution is 2.48. The van der Waals surface area contributed by atoms with E-state index in [1.54, 1.807) is 7.11 Å². The van der Waals surface area contributed by atoms with Crippen LogP contribution in [-0.2, 0) is 6.54 Å². The number of ether oxygens (including phenoxy) is 1. The summed E-state index contributed by atoms with van der Waals surface area (Å²) in [6, 6.07) is 21.0. The second kappa shape index (κ2) is 14.1. The van der Waals surface area contributed by atoms with Crippen molar-refractivity contribution >= 4 is 53.0 Å². The molecule has 1 saturated carbocycles. The van der Waals surface area contributed by atoms with E-state index in [1.807, 2.05) is 32.3 Å². The van der Waals surface area contributed by atoms with Gasteiger partial charge in [0.1, 0.15) is 5.75 Å². The molecule has 0 saturated heterocycles. The van der Waals surface area contributed by atoms with Crippen molar-refractivity contribution in [3.05, 3.63) is 82.9 Å². The molecule has 3 aromatic carbocycles. The summed E-state index contributed by atoms with van der Waals surface area (Å²) < 4.78 is 11.1. The quantitative estimate of drug-likeness (QED) is 0.150. The summed E-state index contributed by atoms with van der Waals surface area (Å²) in [5.74, 6) is 1.29. The van der Waals surface area contributed by atoms with E-state index >= 15 is 0 Å². The molecule has 4 aromatic rings. The normalized spacial score (nSPS) is 14.7. The molecule has 2 heterocycles. The first-order valence-electron chi connectivity index (χ1n) is 15.2. The number of rotatable bonds is 6. The number of aromatic nitrogens is 1. The lowest BCUT2D eigenvalue weighted by molar-refractivity contribution is 0.0984. The molecule has 1 amide bonds. The molecule has 0 radical (unpaired) electrons. The Labute approximate surface area is 266 Å². The molecule has 1 aliphatic carbocycles. The van der Waals surface area contributed by atoms with Gasteiger partial charge in [-0.1, -0.05) is 57.4 Å². The minimum absolute atomic E-state index is 0.0504. The molecule has 0 atom stereocenters. The molecule has 0 bridgehead atoms. The number of amides is 1. The maximum atomic E-state index is 13.2. The molecule has 0 spiro atoms. The van der Waals surface area contributed by atoms with Crippen LogP contribution in [0.25, 0.3) is 33.8 Å². The molecule has 2 aliphatic rings. The first kappa shape index (κ1) is 31.3. The topological polar surface area (TPSA) is 55.3 Å². The van der Waals surface area contributed by atoms with Gasteiger partial charge < -0.3 is 14.6 Å². The Morgan fingerprint density at radius 3 is 2.44 bits per heavy atom. The van der Waals surface area contributed by atoms with Crippen molar-refractivity contribution in [1.29, 1.82) is 0 Å². The molecular formula is C36H43N3O2S2. The Hall–Kier alpha value is -3.13. The number of benzene rings is 3. The molecule has 6 rings (SSSR count). The largest absolute Gasteiger partial charge is 0.497 e. The van der Waals surface area contributed by atoms with Crippen LogP contribution in [0.4, 0.5) is 0 Å². The second-order valence-electron chi connectivity index (χ2n) is 11.7. The van der Waals surface area contributed by atoms with Crippen LogP contribution in [0.3, 0.4) is 0 Å². The van der Waals surface area contributed by atoms with Gasteiger partial charge in [-0.15, -0.1) is 12.6 Å². The number of carbonyl (C=O) groups is 1. The molecule has 43 heavy (non-hydrogen) atoms. The monoisotopic (exact) mass is 613 g/mol. The summed E-state index contributed by atoms with van der Waals surface area (Å²) in [5.41, 5.74) is 9.18. The first-order valence-corrected chi connectivity index (χ1v) is 16.6. The lowest BCUT2D eigenvalue weighted by atomic mass is 9.81. The van der Waals surface area contributed by atoms with Gasteiger partial charge in [-0.25, -0.2) is 0 Å². The third-order valence-corrected chi connectivity index (χ3v) is 9.35. The number of nitrogens with one attached hydrogen (secondary N) is 2. The van der Waals surface area contributed by atoms with E-state index in [2.05, 4.69) is 77.0 Å². The molecule has 5 nitrogen and oxygen atoms in total. The Morgan fingerprint density at radius 2 is 1.74 bits per heavy atom. The maximum Gasteiger partial charge on any atom is 0.261 e. The zero-order valence-corrected chi connectivity index (χ0v) is 27.6. The van der Waals surface area contributed by atoms with Gasteiger partial charge in [0.2, 0.25) is 0 Å². The van der Waals surface area contributed by atoms with Crippen LogP contribution in [-0.4, -0.2) is 36.9 Å². The molecular weight excluding hydrogens is 571 g/mol. The summed E-state index contributed by atoms with van der Waals surface area (Å²) in [4.78, 5) is 14.1. The molecule has 226 valence electrons. The van der Waals surface area contributed by atoms with Crippen LogP contribution in [0.2, 0.25) is 0 Å². The Morgan fingerprint density at radius 1 is 1.00 bits per heavy atom. The average Bonchev–Trinajstić information content (AvgIpc) is 3.23. The van der Waals surface area contributed by atoms with Crippen molar-refractivity contribution in [3.63, 3.8) is 0 Å². The predicted octanol–water partition coefficient (Wildman–Crippen LogP) is 8.83. The fourth-order valence-electron chi connectivity index (χ4n) is 6.32. The molecule has 1 aromatic heterocycles. The third kappa shape index (κ3) is 6.69. The summed E-state index contributed by atoms with van der Waals surface area (Å²) in [7, 11) is 5.47. The van der Waals surface area contributed by atoms with Gasteiger partial charge in [-0.2, -0.15) is 0 Å². The van der Waals surface area contributed by atoms with Crippen molar-refractivity contribution in [3.8, 4) is 17.0 Å².